The van der Waals surface area contributed by atoms with E-state index in [4.69, 9.17) is 10.5 Å². The Bertz CT molecular complexity index is 424. The van der Waals surface area contributed by atoms with Crippen LogP contribution in [0.1, 0.15) is 40.0 Å². The molecule has 0 bridgehead atoms. The van der Waals surface area contributed by atoms with Crippen LogP contribution in [0.4, 0.5) is 0 Å². The van der Waals surface area contributed by atoms with Gasteiger partial charge < -0.3 is 21.1 Å². The molecule has 1 heterocycles. The quantitative estimate of drug-likeness (QED) is 0.674. The van der Waals surface area contributed by atoms with E-state index in [0.717, 1.165) is 19.4 Å². The van der Waals surface area contributed by atoms with Crippen LogP contribution in [0.15, 0.2) is 0 Å². The molecule has 6 nitrogen and oxygen atoms in total. The molecular formula is C15H27N3O3. The van der Waals surface area contributed by atoms with Crippen LogP contribution >= 0.6 is 0 Å². The fourth-order valence-electron chi connectivity index (χ4n) is 3.76. The third-order valence-electron chi connectivity index (χ3n) is 5.07. The standard InChI is InChI=1S/C15H27N3O3/c1-4-17-11(19)7-8-18-13(20)15(16)10-6-5-9-21-12(10)14(15,2)3/h10,12H,4-9,16H2,1-3H3,(H,17,19)(H,18,20). The summed E-state index contributed by atoms with van der Waals surface area (Å²) >= 11 is 0. The number of nitrogens with one attached hydrogen (secondary N) is 2. The maximum absolute atomic E-state index is 12.5. The van der Waals surface area contributed by atoms with Gasteiger partial charge in [0, 0.05) is 37.5 Å². The number of nitrogens with two attached hydrogens (primary N) is 1. The third-order valence-corrected chi connectivity index (χ3v) is 5.07. The van der Waals surface area contributed by atoms with Crippen molar-refractivity contribution in [1.29, 1.82) is 0 Å². The van der Waals surface area contributed by atoms with E-state index in [0.29, 0.717) is 13.1 Å². The fourth-order valence-corrected chi connectivity index (χ4v) is 3.76. The second-order valence-corrected chi connectivity index (χ2v) is 6.59. The number of fused-ring (bicyclic) bond motifs is 1. The molecule has 2 aliphatic rings. The predicted molar refractivity (Wildman–Crippen MR) is 79.5 cm³/mol. The van der Waals surface area contributed by atoms with Gasteiger partial charge in [-0.15, -0.1) is 0 Å². The predicted octanol–water partition coefficient (Wildman–Crippen LogP) is 0.161. The topological polar surface area (TPSA) is 93.5 Å². The Labute approximate surface area is 126 Å². The van der Waals surface area contributed by atoms with Crippen LogP contribution in [0.2, 0.25) is 0 Å². The first kappa shape index (κ1) is 16.2. The summed E-state index contributed by atoms with van der Waals surface area (Å²) in [7, 11) is 0. The molecule has 0 spiro atoms. The summed E-state index contributed by atoms with van der Waals surface area (Å²) in [5.41, 5.74) is 5.18. The first-order valence-electron chi connectivity index (χ1n) is 7.81. The summed E-state index contributed by atoms with van der Waals surface area (Å²) in [6.07, 6.45) is 2.21. The summed E-state index contributed by atoms with van der Waals surface area (Å²) < 4.78 is 5.79. The molecule has 2 rings (SSSR count). The van der Waals surface area contributed by atoms with Gasteiger partial charge in [0.25, 0.3) is 0 Å². The highest BCUT2D eigenvalue weighted by Crippen LogP contribution is 2.57. The summed E-state index contributed by atoms with van der Waals surface area (Å²) in [6, 6.07) is 0. The summed E-state index contributed by atoms with van der Waals surface area (Å²) in [4.78, 5) is 23.9. The zero-order valence-corrected chi connectivity index (χ0v) is 13.2. The molecule has 6 heteroatoms. The molecule has 21 heavy (non-hydrogen) atoms. The molecule has 2 fully saturated rings. The van der Waals surface area contributed by atoms with E-state index in [1.54, 1.807) is 0 Å². The molecule has 1 aliphatic heterocycles. The molecule has 3 unspecified atom stereocenters. The monoisotopic (exact) mass is 297 g/mol. The van der Waals surface area contributed by atoms with Crippen molar-refractivity contribution < 1.29 is 14.3 Å². The number of rotatable bonds is 5. The molecule has 120 valence electrons. The second kappa shape index (κ2) is 5.93. The van der Waals surface area contributed by atoms with Gasteiger partial charge in [0.05, 0.1) is 6.10 Å². The Balaban J connectivity index is 1.93. The van der Waals surface area contributed by atoms with Crippen molar-refractivity contribution in [3.63, 3.8) is 0 Å². The van der Waals surface area contributed by atoms with Crippen LogP contribution in [-0.2, 0) is 14.3 Å². The smallest absolute Gasteiger partial charge is 0.241 e. The molecule has 3 atom stereocenters. The Hall–Kier alpha value is -1.14. The number of amides is 2. The van der Waals surface area contributed by atoms with Gasteiger partial charge in [-0.3, -0.25) is 9.59 Å². The zero-order valence-electron chi connectivity index (χ0n) is 13.2. The number of hydrogen-bond donors (Lipinski definition) is 3. The molecule has 4 N–H and O–H groups in total. The largest absolute Gasteiger partial charge is 0.377 e. The minimum absolute atomic E-state index is 0.0596. The molecular weight excluding hydrogens is 270 g/mol. The average molecular weight is 297 g/mol. The molecule has 0 aromatic heterocycles. The van der Waals surface area contributed by atoms with Crippen molar-refractivity contribution in [1.82, 2.24) is 10.6 Å². The average Bonchev–Trinajstić information content (AvgIpc) is 2.46. The van der Waals surface area contributed by atoms with E-state index in [-0.39, 0.29) is 35.7 Å². The van der Waals surface area contributed by atoms with E-state index in [9.17, 15) is 9.59 Å². The molecule has 0 radical (unpaired) electrons. The van der Waals surface area contributed by atoms with E-state index < -0.39 is 5.54 Å². The first-order chi connectivity index (χ1) is 9.85. The second-order valence-electron chi connectivity index (χ2n) is 6.59. The highest BCUT2D eigenvalue weighted by molar-refractivity contribution is 5.90. The Kier molecular flexibility index (Phi) is 4.58. The molecule has 2 amide bonds. The summed E-state index contributed by atoms with van der Waals surface area (Å²) in [5, 5.41) is 5.53. The van der Waals surface area contributed by atoms with Crippen molar-refractivity contribution in [3.8, 4) is 0 Å². The maximum atomic E-state index is 12.5. The van der Waals surface area contributed by atoms with Crippen molar-refractivity contribution in [2.24, 2.45) is 17.1 Å². The van der Waals surface area contributed by atoms with E-state index in [2.05, 4.69) is 10.6 Å². The van der Waals surface area contributed by atoms with Crippen LogP contribution in [0.5, 0.6) is 0 Å². The molecule has 1 aliphatic carbocycles. The van der Waals surface area contributed by atoms with E-state index in [1.807, 2.05) is 20.8 Å². The number of carbonyl (C=O) groups excluding carboxylic acids is 2. The number of hydrogen-bond acceptors (Lipinski definition) is 4. The Morgan fingerprint density at radius 1 is 1.33 bits per heavy atom. The van der Waals surface area contributed by atoms with Crippen molar-refractivity contribution >= 4 is 11.8 Å². The van der Waals surface area contributed by atoms with Gasteiger partial charge >= 0.3 is 0 Å². The normalized spacial score (nSPS) is 33.5. The summed E-state index contributed by atoms with van der Waals surface area (Å²) in [5.74, 6) is -0.148. The summed E-state index contributed by atoms with van der Waals surface area (Å²) in [6.45, 7) is 7.51. The molecule has 0 aromatic carbocycles. The van der Waals surface area contributed by atoms with Crippen molar-refractivity contribution in [2.75, 3.05) is 19.7 Å². The Morgan fingerprint density at radius 2 is 2.05 bits per heavy atom. The van der Waals surface area contributed by atoms with Gasteiger partial charge in [0.15, 0.2) is 0 Å². The van der Waals surface area contributed by atoms with Gasteiger partial charge in [0.2, 0.25) is 11.8 Å². The lowest BCUT2D eigenvalue weighted by molar-refractivity contribution is -0.225. The Morgan fingerprint density at radius 3 is 2.71 bits per heavy atom. The van der Waals surface area contributed by atoms with Crippen LogP contribution in [-0.4, -0.2) is 43.2 Å². The molecule has 1 saturated heterocycles. The van der Waals surface area contributed by atoms with Crippen molar-refractivity contribution in [2.45, 2.75) is 51.7 Å². The fraction of sp³-hybridized carbons (Fsp3) is 0.867. The van der Waals surface area contributed by atoms with Crippen molar-refractivity contribution in [3.05, 3.63) is 0 Å². The van der Waals surface area contributed by atoms with Crippen LogP contribution < -0.4 is 16.4 Å². The maximum Gasteiger partial charge on any atom is 0.241 e. The van der Waals surface area contributed by atoms with E-state index in [1.165, 1.54) is 0 Å². The zero-order chi connectivity index (χ0) is 15.7. The van der Waals surface area contributed by atoms with Crippen LogP contribution in [0.25, 0.3) is 0 Å². The van der Waals surface area contributed by atoms with E-state index >= 15 is 0 Å². The van der Waals surface area contributed by atoms with Crippen LogP contribution in [0, 0.1) is 11.3 Å². The minimum Gasteiger partial charge on any atom is -0.377 e. The van der Waals surface area contributed by atoms with Gasteiger partial charge in [-0.1, -0.05) is 13.8 Å². The lowest BCUT2D eigenvalue weighted by Gasteiger charge is -2.65. The highest BCUT2D eigenvalue weighted by Gasteiger charge is 2.70. The van der Waals surface area contributed by atoms with Gasteiger partial charge in [-0.25, -0.2) is 0 Å². The van der Waals surface area contributed by atoms with Gasteiger partial charge in [-0.2, -0.15) is 0 Å². The lowest BCUT2D eigenvalue weighted by Crippen LogP contribution is -2.82. The number of ether oxygens (including phenoxy) is 1. The van der Waals surface area contributed by atoms with Gasteiger partial charge in [-0.05, 0) is 19.8 Å². The first-order valence-corrected chi connectivity index (χ1v) is 7.81. The van der Waals surface area contributed by atoms with Gasteiger partial charge in [0.1, 0.15) is 5.54 Å². The minimum atomic E-state index is -0.903. The SMILES string of the molecule is CCNC(=O)CCNC(=O)C1(N)C2CCCOC2C1(C)C. The molecule has 1 saturated carbocycles. The number of carbonyl (C=O) groups is 2. The third kappa shape index (κ3) is 2.55. The highest BCUT2D eigenvalue weighted by atomic mass is 16.5. The molecule has 0 aromatic rings. The lowest BCUT2D eigenvalue weighted by atomic mass is 9.46. The van der Waals surface area contributed by atoms with Crippen LogP contribution in [0.3, 0.4) is 0 Å².